The molecular formula is C13H17FN6O5. The maximum Gasteiger partial charge on any atom is 0.282 e. The lowest BCUT2D eigenvalue weighted by atomic mass is 10.1. The third kappa shape index (κ3) is 2.99. The predicted molar refractivity (Wildman–Crippen MR) is 81.3 cm³/mol. The van der Waals surface area contributed by atoms with Gasteiger partial charge in [-0.1, -0.05) is 19.1 Å². The second-order valence-corrected chi connectivity index (χ2v) is 5.95. The molecule has 1 aliphatic heterocycles. The number of alkyl halides is 1. The molecule has 12 heteroatoms. The minimum Gasteiger partial charge on any atom is -0.394 e. The molecule has 0 aromatic carbocycles. The molecule has 136 valence electrons. The van der Waals surface area contributed by atoms with E-state index >= 15 is 0 Å². The standard InChI is InChI=1S/C13H17FN6O5/c1-4(2)10(23)16-13-15-9-7(11(24)17-13)18-19-20(9)12-8(22)6(14)5(3-21)25-12/h4-6,8,12,21-22H,3H2,1-2H3,(H2,15,16,17,23,24)/t5-,6-,8-,12-/m1/s1. The van der Waals surface area contributed by atoms with Crippen LogP contribution in [-0.2, 0) is 9.53 Å². The number of nitrogens with one attached hydrogen (secondary N) is 2. The first-order valence-corrected chi connectivity index (χ1v) is 7.58. The number of H-pyrrole nitrogens is 1. The SMILES string of the molecule is CC(C)C(=O)Nc1nc2c(nnn2[C@@H]2O[C@H](CO)[C@@H](F)[C@H]2O)c(=O)[nH]1. The summed E-state index contributed by atoms with van der Waals surface area (Å²) in [5.41, 5.74) is -0.933. The minimum atomic E-state index is -1.84. The zero-order valence-corrected chi connectivity index (χ0v) is 13.4. The van der Waals surface area contributed by atoms with Crippen molar-refractivity contribution in [3.63, 3.8) is 0 Å². The van der Waals surface area contributed by atoms with Crippen LogP contribution in [0.2, 0.25) is 0 Å². The van der Waals surface area contributed by atoms with E-state index in [4.69, 9.17) is 9.84 Å². The van der Waals surface area contributed by atoms with Gasteiger partial charge in [0, 0.05) is 5.92 Å². The number of carbonyl (C=O) groups excluding carboxylic acids is 1. The number of aliphatic hydroxyl groups is 2. The minimum absolute atomic E-state index is 0.0994. The summed E-state index contributed by atoms with van der Waals surface area (Å²) in [5, 5.41) is 28.8. The van der Waals surface area contributed by atoms with Crippen LogP contribution in [0.3, 0.4) is 0 Å². The Labute approximate surface area is 139 Å². The number of rotatable bonds is 4. The van der Waals surface area contributed by atoms with Crippen molar-refractivity contribution in [2.24, 2.45) is 5.92 Å². The highest BCUT2D eigenvalue weighted by Gasteiger charge is 2.46. The van der Waals surface area contributed by atoms with E-state index in [1.54, 1.807) is 13.8 Å². The summed E-state index contributed by atoms with van der Waals surface area (Å²) in [4.78, 5) is 30.2. The molecule has 1 aliphatic rings. The van der Waals surface area contributed by atoms with Crippen LogP contribution in [-0.4, -0.2) is 66.1 Å². The molecule has 2 aromatic heterocycles. The van der Waals surface area contributed by atoms with Crippen LogP contribution >= 0.6 is 0 Å². The highest BCUT2D eigenvalue weighted by atomic mass is 19.1. The van der Waals surface area contributed by atoms with Crippen LogP contribution in [0.1, 0.15) is 20.1 Å². The van der Waals surface area contributed by atoms with Crippen molar-refractivity contribution in [1.82, 2.24) is 25.0 Å². The van der Waals surface area contributed by atoms with Gasteiger partial charge in [-0.3, -0.25) is 19.9 Å². The number of aliphatic hydroxyl groups excluding tert-OH is 2. The van der Waals surface area contributed by atoms with Crippen molar-refractivity contribution in [3.8, 4) is 0 Å². The molecule has 0 aliphatic carbocycles. The van der Waals surface area contributed by atoms with Crippen molar-refractivity contribution in [1.29, 1.82) is 0 Å². The Hall–Kier alpha value is -2.44. The first kappa shape index (κ1) is 17.4. The highest BCUT2D eigenvalue weighted by Crippen LogP contribution is 2.31. The summed E-state index contributed by atoms with van der Waals surface area (Å²) in [6.45, 7) is 2.69. The van der Waals surface area contributed by atoms with E-state index in [0.29, 0.717) is 0 Å². The Morgan fingerprint density at radius 1 is 1.52 bits per heavy atom. The third-order valence-corrected chi connectivity index (χ3v) is 3.81. The van der Waals surface area contributed by atoms with Crippen molar-refractivity contribution in [3.05, 3.63) is 10.4 Å². The Morgan fingerprint density at radius 3 is 2.84 bits per heavy atom. The number of amides is 1. The van der Waals surface area contributed by atoms with E-state index in [1.807, 2.05) is 0 Å². The fourth-order valence-corrected chi connectivity index (χ4v) is 2.39. The number of hydrogen-bond donors (Lipinski definition) is 4. The van der Waals surface area contributed by atoms with Crippen LogP contribution in [0.15, 0.2) is 4.79 Å². The van der Waals surface area contributed by atoms with Gasteiger partial charge in [0.25, 0.3) is 5.56 Å². The number of aromatic amines is 1. The van der Waals surface area contributed by atoms with Crippen LogP contribution < -0.4 is 10.9 Å². The van der Waals surface area contributed by atoms with Gasteiger partial charge in [-0.25, -0.2) is 4.39 Å². The molecular weight excluding hydrogens is 339 g/mol. The Morgan fingerprint density at radius 2 is 2.24 bits per heavy atom. The monoisotopic (exact) mass is 356 g/mol. The van der Waals surface area contributed by atoms with Gasteiger partial charge in [0.1, 0.15) is 12.2 Å². The van der Waals surface area contributed by atoms with Crippen LogP contribution in [0.4, 0.5) is 10.3 Å². The lowest BCUT2D eigenvalue weighted by Crippen LogP contribution is -2.30. The van der Waals surface area contributed by atoms with Crippen molar-refractivity contribution >= 4 is 23.0 Å². The van der Waals surface area contributed by atoms with Crippen molar-refractivity contribution in [2.75, 3.05) is 11.9 Å². The Balaban J connectivity index is 2.01. The molecule has 25 heavy (non-hydrogen) atoms. The average Bonchev–Trinajstić information content (AvgIpc) is 3.10. The molecule has 0 unspecified atom stereocenters. The van der Waals surface area contributed by atoms with Crippen LogP contribution in [0.5, 0.6) is 0 Å². The number of fused-ring (bicyclic) bond motifs is 1. The molecule has 11 nitrogen and oxygen atoms in total. The summed E-state index contributed by atoms with van der Waals surface area (Å²) >= 11 is 0. The molecule has 3 rings (SSSR count). The quantitative estimate of drug-likeness (QED) is 0.527. The van der Waals surface area contributed by atoms with Crippen molar-refractivity contribution in [2.45, 2.75) is 38.5 Å². The van der Waals surface area contributed by atoms with Gasteiger partial charge >= 0.3 is 0 Å². The maximum absolute atomic E-state index is 13.9. The first-order chi connectivity index (χ1) is 11.8. The second-order valence-electron chi connectivity index (χ2n) is 5.95. The van der Waals surface area contributed by atoms with Crippen molar-refractivity contribution < 1.29 is 24.1 Å². The van der Waals surface area contributed by atoms with Gasteiger partial charge in [0.2, 0.25) is 11.9 Å². The fourth-order valence-electron chi connectivity index (χ4n) is 2.39. The van der Waals surface area contributed by atoms with E-state index in [9.17, 15) is 19.1 Å². The fraction of sp³-hybridized carbons (Fsp3) is 0.615. The second kappa shape index (κ2) is 6.46. The molecule has 4 N–H and O–H groups in total. The molecule has 1 saturated heterocycles. The molecule has 0 spiro atoms. The van der Waals surface area contributed by atoms with Gasteiger partial charge in [0.05, 0.1) is 6.61 Å². The molecule has 0 radical (unpaired) electrons. The van der Waals surface area contributed by atoms with Gasteiger partial charge in [-0.2, -0.15) is 9.67 Å². The lowest BCUT2D eigenvalue weighted by molar-refractivity contribution is -0.118. The van der Waals surface area contributed by atoms with E-state index in [1.165, 1.54) is 0 Å². The average molecular weight is 356 g/mol. The summed E-state index contributed by atoms with van der Waals surface area (Å²) in [7, 11) is 0. The number of carbonyl (C=O) groups is 1. The smallest absolute Gasteiger partial charge is 0.282 e. The number of nitrogens with zero attached hydrogens (tertiary/aromatic N) is 4. The Bertz CT molecular complexity index is 851. The summed E-state index contributed by atoms with van der Waals surface area (Å²) < 4.78 is 20.1. The molecule has 0 saturated carbocycles. The van der Waals surface area contributed by atoms with Gasteiger partial charge in [-0.05, 0) is 0 Å². The zero-order chi connectivity index (χ0) is 18.3. The first-order valence-electron chi connectivity index (χ1n) is 7.58. The van der Waals surface area contributed by atoms with Gasteiger partial charge in [-0.15, -0.1) is 5.10 Å². The number of halogens is 1. The number of hydrogen-bond acceptors (Lipinski definition) is 8. The normalized spacial score (nSPS) is 26.5. The molecule has 3 heterocycles. The molecule has 1 amide bonds. The molecule has 1 fully saturated rings. The van der Waals surface area contributed by atoms with Crippen LogP contribution in [0.25, 0.3) is 11.2 Å². The van der Waals surface area contributed by atoms with Gasteiger partial charge in [0.15, 0.2) is 23.6 Å². The molecule has 4 atom stereocenters. The molecule has 2 aromatic rings. The zero-order valence-electron chi connectivity index (χ0n) is 13.4. The number of ether oxygens (including phenoxy) is 1. The largest absolute Gasteiger partial charge is 0.394 e. The van der Waals surface area contributed by atoms with E-state index in [0.717, 1.165) is 4.68 Å². The summed E-state index contributed by atoms with van der Waals surface area (Å²) in [6, 6.07) is 0. The molecule has 0 bridgehead atoms. The third-order valence-electron chi connectivity index (χ3n) is 3.81. The predicted octanol–water partition coefficient (Wildman–Crippen LogP) is -1.30. The van der Waals surface area contributed by atoms with E-state index < -0.39 is 36.8 Å². The number of anilines is 1. The highest BCUT2D eigenvalue weighted by molar-refractivity contribution is 5.90. The summed E-state index contributed by atoms with van der Waals surface area (Å²) in [5.74, 6) is -0.854. The van der Waals surface area contributed by atoms with Crippen LogP contribution in [0, 0.1) is 5.92 Å². The van der Waals surface area contributed by atoms with E-state index in [2.05, 4.69) is 25.6 Å². The maximum atomic E-state index is 13.9. The van der Waals surface area contributed by atoms with Gasteiger partial charge < -0.3 is 14.9 Å². The lowest BCUT2D eigenvalue weighted by Gasteiger charge is -2.14. The topological polar surface area (TPSA) is 155 Å². The number of aromatic nitrogens is 5. The Kier molecular flexibility index (Phi) is 4.49. The van der Waals surface area contributed by atoms with E-state index in [-0.39, 0.29) is 28.9 Å². The summed E-state index contributed by atoms with van der Waals surface area (Å²) in [6.07, 6.45) is -6.02.